The van der Waals surface area contributed by atoms with Gasteiger partial charge in [0.15, 0.2) is 11.6 Å². The van der Waals surface area contributed by atoms with Crippen LogP contribution in [0.15, 0.2) is 77.8 Å². The number of benzene rings is 2. The van der Waals surface area contributed by atoms with Gasteiger partial charge in [-0.1, -0.05) is 17.7 Å². The molecule has 2 aromatic heterocycles. The monoisotopic (exact) mass is 420 g/mol. The van der Waals surface area contributed by atoms with Gasteiger partial charge < -0.3 is 5.32 Å². The van der Waals surface area contributed by atoms with Crippen molar-refractivity contribution in [1.29, 1.82) is 0 Å². The molecule has 0 saturated heterocycles. The summed E-state index contributed by atoms with van der Waals surface area (Å²) in [5, 5.41) is 15.7. The lowest BCUT2D eigenvalue weighted by atomic mass is 10.2. The fraction of sp³-hybridized carbons (Fsp3) is 0.0952. The van der Waals surface area contributed by atoms with Gasteiger partial charge in [0.2, 0.25) is 0 Å². The van der Waals surface area contributed by atoms with Crippen molar-refractivity contribution in [1.82, 2.24) is 20.0 Å². The van der Waals surface area contributed by atoms with Crippen molar-refractivity contribution in [2.24, 2.45) is 0 Å². The highest BCUT2D eigenvalue weighted by molar-refractivity contribution is 7.92. The number of aryl methyl sites for hydroxylation is 2. The van der Waals surface area contributed by atoms with Crippen molar-refractivity contribution in [2.45, 2.75) is 18.7 Å². The second-order valence-electron chi connectivity index (χ2n) is 6.80. The van der Waals surface area contributed by atoms with E-state index in [1.54, 1.807) is 59.3 Å². The third kappa shape index (κ3) is 4.47. The van der Waals surface area contributed by atoms with Gasteiger partial charge >= 0.3 is 0 Å². The molecule has 152 valence electrons. The molecule has 0 atom stereocenters. The molecule has 0 amide bonds. The van der Waals surface area contributed by atoms with Crippen LogP contribution in [-0.2, 0) is 10.0 Å². The molecule has 0 aliphatic rings. The minimum atomic E-state index is -3.63. The Hall–Kier alpha value is -3.72. The van der Waals surface area contributed by atoms with E-state index in [1.807, 2.05) is 32.2 Å². The van der Waals surface area contributed by atoms with E-state index in [1.165, 1.54) is 0 Å². The first-order valence-corrected chi connectivity index (χ1v) is 10.7. The second-order valence-corrected chi connectivity index (χ2v) is 8.48. The number of nitrogens with one attached hydrogen (secondary N) is 2. The molecule has 0 saturated carbocycles. The quantitative estimate of drug-likeness (QED) is 0.492. The van der Waals surface area contributed by atoms with Gasteiger partial charge in [-0.25, -0.2) is 13.1 Å². The van der Waals surface area contributed by atoms with Crippen LogP contribution >= 0.6 is 0 Å². The summed E-state index contributed by atoms with van der Waals surface area (Å²) >= 11 is 0. The summed E-state index contributed by atoms with van der Waals surface area (Å²) in [6.45, 7) is 3.82. The van der Waals surface area contributed by atoms with Crippen LogP contribution in [0.1, 0.15) is 11.3 Å². The van der Waals surface area contributed by atoms with Crippen molar-refractivity contribution in [3.8, 4) is 5.82 Å². The summed E-state index contributed by atoms with van der Waals surface area (Å²) in [6, 6.07) is 19.1. The molecule has 4 rings (SSSR count). The van der Waals surface area contributed by atoms with Crippen LogP contribution in [0.25, 0.3) is 5.82 Å². The smallest absolute Gasteiger partial charge is 0.261 e. The first kappa shape index (κ1) is 19.6. The highest BCUT2D eigenvalue weighted by atomic mass is 32.2. The molecular weight excluding hydrogens is 400 g/mol. The Bertz CT molecular complexity index is 1250. The molecule has 0 radical (unpaired) electrons. The number of hydrogen-bond donors (Lipinski definition) is 2. The maximum atomic E-state index is 12.5. The molecule has 0 unspecified atom stereocenters. The van der Waals surface area contributed by atoms with E-state index >= 15 is 0 Å². The Morgan fingerprint density at radius 3 is 2.10 bits per heavy atom. The molecule has 0 aliphatic heterocycles. The minimum Gasteiger partial charge on any atom is -0.339 e. The van der Waals surface area contributed by atoms with E-state index in [4.69, 9.17) is 0 Å². The Morgan fingerprint density at radius 2 is 1.50 bits per heavy atom. The fourth-order valence-corrected chi connectivity index (χ4v) is 3.82. The molecule has 2 aromatic carbocycles. The van der Waals surface area contributed by atoms with Crippen LogP contribution < -0.4 is 10.0 Å². The topological polar surface area (TPSA) is 102 Å². The zero-order valence-electron chi connectivity index (χ0n) is 16.4. The summed E-state index contributed by atoms with van der Waals surface area (Å²) in [7, 11) is -3.63. The third-order valence-electron chi connectivity index (χ3n) is 4.35. The average Bonchev–Trinajstić information content (AvgIpc) is 3.16. The van der Waals surface area contributed by atoms with Gasteiger partial charge in [0.25, 0.3) is 10.0 Å². The Labute approximate surface area is 174 Å². The zero-order valence-corrected chi connectivity index (χ0v) is 17.3. The van der Waals surface area contributed by atoms with Gasteiger partial charge in [0.1, 0.15) is 0 Å². The minimum absolute atomic E-state index is 0.220. The molecule has 9 heteroatoms. The molecule has 0 fully saturated rings. The molecule has 4 aromatic rings. The molecular formula is C21H20N6O2S. The van der Waals surface area contributed by atoms with E-state index < -0.39 is 10.0 Å². The summed E-state index contributed by atoms with van der Waals surface area (Å²) in [5.41, 5.74) is 3.12. The lowest BCUT2D eigenvalue weighted by molar-refractivity contribution is 0.601. The van der Waals surface area contributed by atoms with Gasteiger partial charge in [-0.15, -0.1) is 10.2 Å². The molecule has 8 nitrogen and oxygen atoms in total. The Kier molecular flexibility index (Phi) is 5.20. The summed E-state index contributed by atoms with van der Waals surface area (Å²) in [4.78, 5) is 0.220. The van der Waals surface area contributed by atoms with Crippen molar-refractivity contribution < 1.29 is 8.42 Å². The van der Waals surface area contributed by atoms with Gasteiger partial charge in [-0.05, 0) is 68.4 Å². The first-order valence-electron chi connectivity index (χ1n) is 9.22. The Morgan fingerprint density at radius 1 is 0.800 bits per heavy atom. The van der Waals surface area contributed by atoms with Crippen molar-refractivity contribution >= 4 is 27.2 Å². The van der Waals surface area contributed by atoms with Gasteiger partial charge in [-0.3, -0.25) is 4.72 Å². The standard InChI is InChI=1S/C21H20N6O2S/c1-15-3-9-19(10-4-15)30(28,29)26-18-7-5-17(6-8-18)22-20-11-12-21(24-23-20)27-14-13-16(2)25-27/h3-14,26H,1-2H3,(H,22,23). The van der Waals surface area contributed by atoms with Crippen LogP contribution in [0.2, 0.25) is 0 Å². The van der Waals surface area contributed by atoms with E-state index in [-0.39, 0.29) is 4.90 Å². The van der Waals surface area contributed by atoms with Crippen LogP contribution in [0.5, 0.6) is 0 Å². The van der Waals surface area contributed by atoms with Crippen LogP contribution in [-0.4, -0.2) is 28.4 Å². The van der Waals surface area contributed by atoms with Crippen molar-refractivity contribution in [2.75, 3.05) is 10.0 Å². The molecule has 0 aliphatic carbocycles. The normalized spacial score (nSPS) is 11.3. The second kappa shape index (κ2) is 7.96. The lowest BCUT2D eigenvalue weighted by Gasteiger charge is -2.10. The average molecular weight is 420 g/mol. The first-order chi connectivity index (χ1) is 14.4. The van der Waals surface area contributed by atoms with Gasteiger partial charge in [0.05, 0.1) is 10.6 Å². The highest BCUT2D eigenvalue weighted by Gasteiger charge is 2.13. The number of nitrogens with zero attached hydrogens (tertiary/aromatic N) is 4. The zero-order chi connectivity index (χ0) is 21.1. The van der Waals surface area contributed by atoms with Crippen LogP contribution in [0.4, 0.5) is 17.2 Å². The van der Waals surface area contributed by atoms with Crippen LogP contribution in [0.3, 0.4) is 0 Å². The molecule has 0 spiro atoms. The number of hydrogen-bond acceptors (Lipinski definition) is 6. The van der Waals surface area contributed by atoms with Gasteiger partial charge in [-0.2, -0.15) is 5.10 Å². The Balaban J connectivity index is 1.43. The molecule has 0 bridgehead atoms. The number of sulfonamides is 1. The molecule has 2 N–H and O–H groups in total. The predicted molar refractivity (Wildman–Crippen MR) is 116 cm³/mol. The van der Waals surface area contributed by atoms with Crippen LogP contribution in [0, 0.1) is 13.8 Å². The fourth-order valence-electron chi connectivity index (χ4n) is 2.76. The maximum Gasteiger partial charge on any atom is 0.261 e. The maximum absolute atomic E-state index is 12.5. The summed E-state index contributed by atoms with van der Waals surface area (Å²) in [6.07, 6.45) is 1.82. The molecule has 2 heterocycles. The SMILES string of the molecule is Cc1ccc(S(=O)(=O)Nc2ccc(Nc3ccc(-n4ccc(C)n4)nn3)cc2)cc1. The number of anilines is 3. The van der Waals surface area contributed by atoms with E-state index in [0.29, 0.717) is 17.3 Å². The van der Waals surface area contributed by atoms with E-state index in [0.717, 1.165) is 16.9 Å². The number of rotatable bonds is 6. The lowest BCUT2D eigenvalue weighted by Crippen LogP contribution is -2.12. The predicted octanol–water partition coefficient (Wildman–Crippen LogP) is 3.82. The number of aromatic nitrogens is 4. The third-order valence-corrected chi connectivity index (χ3v) is 5.75. The summed E-state index contributed by atoms with van der Waals surface area (Å²) in [5.74, 6) is 1.19. The van der Waals surface area contributed by atoms with E-state index in [9.17, 15) is 8.42 Å². The van der Waals surface area contributed by atoms with E-state index in [2.05, 4.69) is 25.3 Å². The van der Waals surface area contributed by atoms with Crippen molar-refractivity contribution in [3.05, 3.63) is 84.2 Å². The largest absolute Gasteiger partial charge is 0.339 e. The molecule has 30 heavy (non-hydrogen) atoms. The highest BCUT2D eigenvalue weighted by Crippen LogP contribution is 2.20. The van der Waals surface area contributed by atoms with Gasteiger partial charge in [0, 0.05) is 17.6 Å². The summed E-state index contributed by atoms with van der Waals surface area (Å²) < 4.78 is 29.2. The van der Waals surface area contributed by atoms with Crippen molar-refractivity contribution in [3.63, 3.8) is 0 Å².